The van der Waals surface area contributed by atoms with Crippen LogP contribution in [0.5, 0.6) is 0 Å². The lowest BCUT2D eigenvalue weighted by molar-refractivity contribution is 0.0526. The first-order chi connectivity index (χ1) is 15.3. The Kier molecular flexibility index (Phi) is 10.8. The fourth-order valence-corrected chi connectivity index (χ4v) is 3.60. The summed E-state index contributed by atoms with van der Waals surface area (Å²) in [5.74, 6) is 0.220. The van der Waals surface area contributed by atoms with Crippen LogP contribution in [0.1, 0.15) is 16.7 Å². The van der Waals surface area contributed by atoms with Crippen molar-refractivity contribution in [2.75, 3.05) is 5.88 Å². The van der Waals surface area contributed by atoms with Gasteiger partial charge in [0.15, 0.2) is 0 Å². The molecule has 0 aliphatic carbocycles. The highest BCUT2D eigenvalue weighted by atomic mass is 35.5. The fraction of sp³-hybridized carbons (Fsp3) is 0.250. The molecule has 3 aromatic rings. The minimum atomic E-state index is -4.67. The van der Waals surface area contributed by atoms with Gasteiger partial charge in [0.05, 0.1) is 6.10 Å². The Bertz CT molecular complexity index is 955. The average Bonchev–Trinajstić information content (AvgIpc) is 2.77. The molecule has 32 heavy (non-hydrogen) atoms. The van der Waals surface area contributed by atoms with Crippen molar-refractivity contribution in [1.82, 2.24) is 4.90 Å². The second-order valence-electron chi connectivity index (χ2n) is 7.30. The van der Waals surface area contributed by atoms with Crippen LogP contribution in [0.2, 0.25) is 0 Å². The normalized spacial score (nSPS) is 13.2. The van der Waals surface area contributed by atoms with E-state index in [1.165, 1.54) is 16.7 Å². The number of alkyl halides is 1. The molecule has 3 rings (SSSR count). The van der Waals surface area contributed by atoms with Crippen molar-refractivity contribution in [3.63, 3.8) is 0 Å². The number of benzene rings is 3. The molecule has 8 heteroatoms. The maximum absolute atomic E-state index is 10.7. The summed E-state index contributed by atoms with van der Waals surface area (Å²) >= 11 is 6.09. The first-order valence-electron chi connectivity index (χ1n) is 10.1. The third-order valence-corrected chi connectivity index (χ3v) is 5.13. The van der Waals surface area contributed by atoms with Crippen LogP contribution in [0.3, 0.4) is 0 Å². The summed E-state index contributed by atoms with van der Waals surface area (Å²) < 4.78 is 31.6. The van der Waals surface area contributed by atoms with E-state index in [1.807, 2.05) is 30.3 Å². The van der Waals surface area contributed by atoms with E-state index in [0.717, 1.165) is 19.5 Å². The van der Waals surface area contributed by atoms with Crippen molar-refractivity contribution in [3.05, 3.63) is 108 Å². The Morgan fingerprint density at radius 3 is 1.41 bits per heavy atom. The highest BCUT2D eigenvalue weighted by molar-refractivity contribution is 7.79. The maximum atomic E-state index is 10.7. The zero-order chi connectivity index (χ0) is 23.4. The van der Waals surface area contributed by atoms with Gasteiger partial charge in [-0.05, 0) is 23.1 Å². The van der Waals surface area contributed by atoms with Gasteiger partial charge in [-0.15, -0.1) is 11.6 Å². The first kappa shape index (κ1) is 26.0. The number of rotatable bonds is 9. The Balaban J connectivity index is 0.000000654. The number of aliphatic hydroxyl groups is 1. The van der Waals surface area contributed by atoms with Crippen LogP contribution in [0, 0.1) is 0 Å². The predicted molar refractivity (Wildman–Crippen MR) is 127 cm³/mol. The molecule has 0 spiro atoms. The second-order valence-corrected chi connectivity index (χ2v) is 8.51. The van der Waals surface area contributed by atoms with Crippen LogP contribution in [0.4, 0.5) is 0 Å². The van der Waals surface area contributed by atoms with Gasteiger partial charge in [-0.2, -0.15) is 8.42 Å². The van der Waals surface area contributed by atoms with Gasteiger partial charge in [-0.25, -0.2) is 0 Å². The summed E-state index contributed by atoms with van der Waals surface area (Å²) in [6, 6.07) is 31.0. The van der Waals surface area contributed by atoms with Gasteiger partial charge in [0, 0.05) is 25.0 Å². The summed E-state index contributed by atoms with van der Waals surface area (Å²) in [5, 5.41) is 10.7. The van der Waals surface area contributed by atoms with E-state index < -0.39 is 16.5 Å². The molecule has 3 aromatic carbocycles. The Labute approximate surface area is 194 Å². The monoisotopic (exact) mass is 477 g/mol. The van der Waals surface area contributed by atoms with Gasteiger partial charge >= 0.3 is 10.4 Å². The highest BCUT2D eigenvalue weighted by Crippen LogP contribution is 2.20. The molecule has 0 saturated heterocycles. The van der Waals surface area contributed by atoms with E-state index in [-0.39, 0.29) is 11.9 Å². The van der Waals surface area contributed by atoms with Crippen LogP contribution in [0.25, 0.3) is 0 Å². The van der Waals surface area contributed by atoms with Gasteiger partial charge in [0.25, 0.3) is 0 Å². The van der Waals surface area contributed by atoms with Gasteiger partial charge in [0.1, 0.15) is 0 Å². The molecule has 0 radical (unpaired) electrons. The number of halogens is 1. The molecule has 6 nitrogen and oxygen atoms in total. The summed E-state index contributed by atoms with van der Waals surface area (Å²) in [6.45, 7) is 1.53. The van der Waals surface area contributed by atoms with Crippen LogP contribution in [-0.2, 0) is 29.9 Å². The number of nitrogens with zero attached hydrogens (tertiary/aromatic N) is 1. The van der Waals surface area contributed by atoms with Crippen molar-refractivity contribution in [3.8, 4) is 0 Å². The standard InChI is InChI=1S/C24H26ClNO.H2O4S/c25-17-24(27)23(16-20-10-4-1-5-11-20)26(18-21-12-6-2-7-13-21)19-22-14-8-3-9-15-22;1-5(2,3)4/h1-15,23-24,27H,16-19H2;(H2,1,2,3,4)/t23-,24-;/m1./s1. The van der Waals surface area contributed by atoms with Crippen molar-refractivity contribution in [2.24, 2.45) is 0 Å². The molecular formula is C24H28ClNO5S. The van der Waals surface area contributed by atoms with Crippen molar-refractivity contribution in [1.29, 1.82) is 0 Å². The lowest BCUT2D eigenvalue weighted by atomic mass is 9.99. The molecule has 0 amide bonds. The third-order valence-electron chi connectivity index (χ3n) is 4.82. The van der Waals surface area contributed by atoms with Crippen molar-refractivity contribution >= 4 is 22.0 Å². The summed E-state index contributed by atoms with van der Waals surface area (Å²) in [4.78, 5) is 2.34. The molecule has 0 saturated carbocycles. The SMILES string of the molecule is O=S(=O)(O)O.O[C@H](CCl)[C@@H](Cc1ccccc1)N(Cc1ccccc1)Cc1ccccc1. The minimum Gasteiger partial charge on any atom is -0.390 e. The number of hydrogen-bond acceptors (Lipinski definition) is 4. The molecule has 0 aliphatic heterocycles. The molecule has 0 aliphatic rings. The smallest absolute Gasteiger partial charge is 0.390 e. The van der Waals surface area contributed by atoms with Crippen molar-refractivity contribution < 1.29 is 22.6 Å². The lowest BCUT2D eigenvalue weighted by Gasteiger charge is -2.35. The van der Waals surface area contributed by atoms with Gasteiger partial charge < -0.3 is 5.11 Å². The predicted octanol–water partition coefficient (Wildman–Crippen LogP) is 4.25. The molecule has 172 valence electrons. The number of hydrogen-bond donors (Lipinski definition) is 3. The molecule has 2 atom stereocenters. The summed E-state index contributed by atoms with van der Waals surface area (Å²) in [5.41, 5.74) is 3.67. The van der Waals surface area contributed by atoms with Crippen LogP contribution in [0.15, 0.2) is 91.0 Å². The van der Waals surface area contributed by atoms with Crippen LogP contribution < -0.4 is 0 Å². The summed E-state index contributed by atoms with van der Waals surface area (Å²) in [6.07, 6.45) is 0.160. The quantitative estimate of drug-likeness (QED) is 0.315. The van der Waals surface area contributed by atoms with E-state index in [1.54, 1.807) is 0 Å². The van der Waals surface area contributed by atoms with E-state index in [4.69, 9.17) is 29.1 Å². The molecule has 0 unspecified atom stereocenters. The lowest BCUT2D eigenvalue weighted by Crippen LogP contribution is -2.45. The largest absolute Gasteiger partial charge is 0.394 e. The van der Waals surface area contributed by atoms with Gasteiger partial charge in [-0.1, -0.05) is 91.0 Å². The number of aliphatic hydroxyl groups excluding tert-OH is 1. The van der Waals surface area contributed by atoms with E-state index in [9.17, 15) is 5.11 Å². The van der Waals surface area contributed by atoms with E-state index >= 15 is 0 Å². The molecule has 0 bridgehead atoms. The van der Waals surface area contributed by atoms with E-state index in [0.29, 0.717) is 0 Å². The molecular weight excluding hydrogens is 450 g/mol. The second kappa shape index (κ2) is 13.3. The summed E-state index contributed by atoms with van der Waals surface area (Å²) in [7, 11) is -4.67. The van der Waals surface area contributed by atoms with Crippen LogP contribution >= 0.6 is 11.6 Å². The highest BCUT2D eigenvalue weighted by Gasteiger charge is 2.26. The third kappa shape index (κ3) is 10.4. The zero-order valence-electron chi connectivity index (χ0n) is 17.5. The molecule has 3 N–H and O–H groups in total. The molecule has 0 heterocycles. The Hall–Kier alpha value is -2.26. The minimum absolute atomic E-state index is 0.0645. The first-order valence-corrected chi connectivity index (χ1v) is 12.0. The molecule has 0 fully saturated rings. The van der Waals surface area contributed by atoms with Crippen molar-refractivity contribution in [2.45, 2.75) is 31.7 Å². The Morgan fingerprint density at radius 1 is 0.719 bits per heavy atom. The fourth-order valence-electron chi connectivity index (χ4n) is 3.39. The average molecular weight is 478 g/mol. The zero-order valence-corrected chi connectivity index (χ0v) is 19.1. The topological polar surface area (TPSA) is 98.1 Å². The van der Waals surface area contributed by atoms with Crippen LogP contribution in [-0.4, -0.2) is 45.6 Å². The van der Waals surface area contributed by atoms with Gasteiger partial charge in [-0.3, -0.25) is 14.0 Å². The molecule has 0 aromatic heterocycles. The maximum Gasteiger partial charge on any atom is 0.394 e. The van der Waals surface area contributed by atoms with E-state index in [2.05, 4.69) is 65.6 Å². The van der Waals surface area contributed by atoms with Gasteiger partial charge in [0.2, 0.25) is 0 Å². The Morgan fingerprint density at radius 2 is 1.06 bits per heavy atom.